The van der Waals surface area contributed by atoms with Gasteiger partial charge in [0.15, 0.2) is 0 Å². The minimum Gasteiger partial charge on any atom is -0.497 e. The molecule has 0 aromatic heterocycles. The van der Waals surface area contributed by atoms with E-state index in [4.69, 9.17) is 10.5 Å². The van der Waals surface area contributed by atoms with Crippen LogP contribution in [0.5, 0.6) is 5.75 Å². The first-order valence-electron chi connectivity index (χ1n) is 5.35. The molecule has 0 heterocycles. The van der Waals surface area contributed by atoms with Crippen LogP contribution in [0, 0.1) is 11.7 Å². The van der Waals surface area contributed by atoms with E-state index in [0.717, 1.165) is 0 Å². The number of halogens is 1. The zero-order chi connectivity index (χ0) is 13.0. The summed E-state index contributed by atoms with van der Waals surface area (Å²) in [6.45, 7) is 3.65. The molecule has 1 amide bonds. The van der Waals surface area contributed by atoms with Crippen molar-refractivity contribution >= 4 is 11.6 Å². The zero-order valence-electron chi connectivity index (χ0n) is 10.2. The van der Waals surface area contributed by atoms with Crippen LogP contribution in [0.25, 0.3) is 0 Å². The lowest BCUT2D eigenvalue weighted by Gasteiger charge is -2.16. The maximum Gasteiger partial charge on any atom is 0.241 e. The number of carbonyl (C=O) groups excluding carboxylic acids is 1. The van der Waals surface area contributed by atoms with Crippen molar-refractivity contribution < 1.29 is 13.9 Å². The van der Waals surface area contributed by atoms with Gasteiger partial charge in [-0.25, -0.2) is 4.39 Å². The van der Waals surface area contributed by atoms with E-state index >= 15 is 0 Å². The SMILES string of the molecule is COc1ccc(F)c(NC(=O)[C@@H](N)C(C)C)c1. The second-order valence-electron chi connectivity index (χ2n) is 4.10. The Hall–Kier alpha value is -1.62. The third-order valence-electron chi connectivity index (χ3n) is 2.45. The summed E-state index contributed by atoms with van der Waals surface area (Å²) in [6.07, 6.45) is 0. The molecule has 3 N–H and O–H groups in total. The number of anilines is 1. The number of rotatable bonds is 4. The Balaban J connectivity index is 2.84. The standard InChI is InChI=1S/C12H17FN2O2/c1-7(2)11(14)12(16)15-10-6-8(17-3)4-5-9(10)13/h4-7,11H,14H2,1-3H3,(H,15,16)/t11-/m0/s1. The number of hydrogen-bond acceptors (Lipinski definition) is 3. The highest BCUT2D eigenvalue weighted by molar-refractivity contribution is 5.95. The summed E-state index contributed by atoms with van der Waals surface area (Å²) in [5.41, 5.74) is 5.74. The summed E-state index contributed by atoms with van der Waals surface area (Å²) in [5, 5.41) is 2.45. The lowest BCUT2D eigenvalue weighted by atomic mass is 10.0. The second-order valence-corrected chi connectivity index (χ2v) is 4.10. The molecule has 1 aromatic rings. The van der Waals surface area contributed by atoms with Crippen LogP contribution in [-0.4, -0.2) is 19.1 Å². The Morgan fingerprint density at radius 2 is 2.12 bits per heavy atom. The van der Waals surface area contributed by atoms with Gasteiger partial charge in [-0.3, -0.25) is 4.79 Å². The van der Waals surface area contributed by atoms with Crippen LogP contribution >= 0.6 is 0 Å². The first kappa shape index (κ1) is 13.4. The van der Waals surface area contributed by atoms with E-state index in [9.17, 15) is 9.18 Å². The number of benzene rings is 1. The normalized spacial score (nSPS) is 12.4. The number of amides is 1. The molecule has 0 spiro atoms. The van der Waals surface area contributed by atoms with Crippen LogP contribution < -0.4 is 15.8 Å². The highest BCUT2D eigenvalue weighted by Gasteiger charge is 2.18. The Morgan fingerprint density at radius 3 is 2.65 bits per heavy atom. The van der Waals surface area contributed by atoms with E-state index in [1.807, 2.05) is 13.8 Å². The lowest BCUT2D eigenvalue weighted by molar-refractivity contribution is -0.118. The second kappa shape index (κ2) is 5.63. The molecule has 0 aliphatic heterocycles. The van der Waals surface area contributed by atoms with Crippen molar-refractivity contribution in [3.63, 3.8) is 0 Å². The molecule has 1 aromatic carbocycles. The highest BCUT2D eigenvalue weighted by atomic mass is 19.1. The molecule has 0 unspecified atom stereocenters. The molecule has 17 heavy (non-hydrogen) atoms. The lowest BCUT2D eigenvalue weighted by Crippen LogP contribution is -2.39. The van der Waals surface area contributed by atoms with E-state index in [1.165, 1.54) is 25.3 Å². The van der Waals surface area contributed by atoms with Gasteiger partial charge in [-0.1, -0.05) is 13.8 Å². The number of carbonyl (C=O) groups is 1. The molecular weight excluding hydrogens is 223 g/mol. The molecule has 94 valence electrons. The Labute approximate surface area is 100.0 Å². The van der Waals surface area contributed by atoms with Gasteiger partial charge in [0.1, 0.15) is 11.6 Å². The smallest absolute Gasteiger partial charge is 0.241 e. The molecule has 0 saturated heterocycles. The first-order chi connectivity index (χ1) is 7.95. The molecule has 0 fully saturated rings. The quantitative estimate of drug-likeness (QED) is 0.842. The molecule has 0 aliphatic carbocycles. The predicted molar refractivity (Wildman–Crippen MR) is 64.4 cm³/mol. The third-order valence-corrected chi connectivity index (χ3v) is 2.45. The van der Waals surface area contributed by atoms with Gasteiger partial charge in [0.2, 0.25) is 5.91 Å². The maximum atomic E-state index is 13.4. The fraction of sp³-hybridized carbons (Fsp3) is 0.417. The van der Waals surface area contributed by atoms with Crippen molar-refractivity contribution in [3.05, 3.63) is 24.0 Å². The van der Waals surface area contributed by atoms with Crippen molar-refractivity contribution in [2.24, 2.45) is 11.7 Å². The van der Waals surface area contributed by atoms with Gasteiger partial charge in [-0.05, 0) is 18.1 Å². The van der Waals surface area contributed by atoms with Gasteiger partial charge in [0.05, 0.1) is 18.8 Å². The minimum absolute atomic E-state index is 0.0105. The molecule has 1 rings (SSSR count). The van der Waals surface area contributed by atoms with Crippen molar-refractivity contribution in [1.82, 2.24) is 0 Å². The van der Waals surface area contributed by atoms with Crippen LogP contribution in [0.3, 0.4) is 0 Å². The summed E-state index contributed by atoms with van der Waals surface area (Å²) >= 11 is 0. The Morgan fingerprint density at radius 1 is 1.47 bits per heavy atom. The van der Waals surface area contributed by atoms with Gasteiger partial charge < -0.3 is 15.8 Å². The van der Waals surface area contributed by atoms with Gasteiger partial charge in [-0.2, -0.15) is 0 Å². The largest absolute Gasteiger partial charge is 0.497 e. The highest BCUT2D eigenvalue weighted by Crippen LogP contribution is 2.21. The van der Waals surface area contributed by atoms with E-state index in [-0.39, 0.29) is 11.6 Å². The summed E-state index contributed by atoms with van der Waals surface area (Å²) in [4.78, 5) is 11.7. The molecule has 0 aliphatic rings. The van der Waals surface area contributed by atoms with Crippen LogP contribution in [0.15, 0.2) is 18.2 Å². The van der Waals surface area contributed by atoms with Gasteiger partial charge in [-0.15, -0.1) is 0 Å². The first-order valence-corrected chi connectivity index (χ1v) is 5.35. The average molecular weight is 240 g/mol. The van der Waals surface area contributed by atoms with Gasteiger partial charge in [0.25, 0.3) is 0 Å². The summed E-state index contributed by atoms with van der Waals surface area (Å²) in [7, 11) is 1.47. The van der Waals surface area contributed by atoms with E-state index < -0.39 is 17.8 Å². The number of hydrogen-bond donors (Lipinski definition) is 2. The molecular formula is C12H17FN2O2. The van der Waals surface area contributed by atoms with Gasteiger partial charge in [0, 0.05) is 6.07 Å². The zero-order valence-corrected chi connectivity index (χ0v) is 10.2. The van der Waals surface area contributed by atoms with Crippen molar-refractivity contribution in [3.8, 4) is 5.75 Å². The number of nitrogens with two attached hydrogens (primary N) is 1. The van der Waals surface area contributed by atoms with Crippen LogP contribution in [-0.2, 0) is 4.79 Å². The number of nitrogens with one attached hydrogen (secondary N) is 1. The van der Waals surface area contributed by atoms with Gasteiger partial charge >= 0.3 is 0 Å². The van der Waals surface area contributed by atoms with Crippen molar-refractivity contribution in [2.45, 2.75) is 19.9 Å². The van der Waals surface area contributed by atoms with Crippen LogP contribution in [0.4, 0.5) is 10.1 Å². The summed E-state index contributed by atoms with van der Waals surface area (Å²) < 4.78 is 18.4. The number of ether oxygens (including phenoxy) is 1. The molecule has 0 bridgehead atoms. The summed E-state index contributed by atoms with van der Waals surface area (Å²) in [5.74, 6) is -0.467. The van der Waals surface area contributed by atoms with E-state index in [2.05, 4.69) is 5.32 Å². The van der Waals surface area contributed by atoms with Crippen molar-refractivity contribution in [1.29, 1.82) is 0 Å². The molecule has 0 saturated carbocycles. The molecule has 1 atom stereocenters. The van der Waals surface area contributed by atoms with E-state index in [1.54, 1.807) is 0 Å². The predicted octanol–water partition coefficient (Wildman–Crippen LogP) is 1.76. The third kappa shape index (κ3) is 3.42. The number of methoxy groups -OCH3 is 1. The Bertz CT molecular complexity index is 407. The minimum atomic E-state index is -0.666. The average Bonchev–Trinajstić information content (AvgIpc) is 2.30. The monoisotopic (exact) mass is 240 g/mol. The van der Waals surface area contributed by atoms with Crippen LogP contribution in [0.1, 0.15) is 13.8 Å². The topological polar surface area (TPSA) is 64.3 Å². The summed E-state index contributed by atoms with van der Waals surface area (Å²) in [6, 6.07) is 3.46. The fourth-order valence-electron chi connectivity index (χ4n) is 1.25. The maximum absolute atomic E-state index is 13.4. The fourth-order valence-corrected chi connectivity index (χ4v) is 1.25. The molecule has 0 radical (unpaired) electrons. The Kier molecular flexibility index (Phi) is 4.45. The van der Waals surface area contributed by atoms with Crippen molar-refractivity contribution in [2.75, 3.05) is 12.4 Å². The van der Waals surface area contributed by atoms with E-state index in [0.29, 0.717) is 5.75 Å². The molecule has 4 nitrogen and oxygen atoms in total. The molecule has 5 heteroatoms. The van der Waals surface area contributed by atoms with Crippen LogP contribution in [0.2, 0.25) is 0 Å².